The summed E-state index contributed by atoms with van der Waals surface area (Å²) in [5.41, 5.74) is 5.46. The van der Waals surface area contributed by atoms with Gasteiger partial charge in [0.15, 0.2) is 0 Å². The van der Waals surface area contributed by atoms with Crippen molar-refractivity contribution in [3.63, 3.8) is 0 Å². The Balaban J connectivity index is 2.50. The molecule has 0 bridgehead atoms. The number of pyridine rings is 1. The molecule has 18 heavy (non-hydrogen) atoms. The van der Waals surface area contributed by atoms with Crippen LogP contribution in [-0.4, -0.2) is 10.8 Å². The molecule has 2 aromatic rings. The minimum Gasteiger partial charge on any atom is -0.399 e. The van der Waals surface area contributed by atoms with Crippen molar-refractivity contribution in [3.05, 3.63) is 59.4 Å². The number of ketones is 1. The standard InChI is InChI=1S/C13H10F2N2O/c14-13(15)9-5-4-8(16)7-10(9)12(18)11-3-1-2-6-17-11/h1-7,13H,16H2. The number of hydrogen-bond donors (Lipinski definition) is 1. The SMILES string of the molecule is Nc1ccc(C(F)F)c(C(=O)c2ccccn2)c1. The highest BCUT2D eigenvalue weighted by molar-refractivity contribution is 6.09. The third-order valence-electron chi connectivity index (χ3n) is 2.45. The van der Waals surface area contributed by atoms with Crippen LogP contribution in [0.25, 0.3) is 0 Å². The van der Waals surface area contributed by atoms with E-state index in [0.717, 1.165) is 6.07 Å². The Morgan fingerprint density at radius 1 is 1.22 bits per heavy atom. The molecule has 2 N–H and O–H groups in total. The van der Waals surface area contributed by atoms with Crippen LogP contribution < -0.4 is 5.73 Å². The van der Waals surface area contributed by atoms with Crippen molar-refractivity contribution >= 4 is 11.5 Å². The lowest BCUT2D eigenvalue weighted by molar-refractivity contribution is 0.102. The molecule has 0 saturated carbocycles. The number of anilines is 1. The lowest BCUT2D eigenvalue weighted by Crippen LogP contribution is -2.08. The monoisotopic (exact) mass is 248 g/mol. The first-order chi connectivity index (χ1) is 8.59. The van der Waals surface area contributed by atoms with E-state index in [1.54, 1.807) is 12.1 Å². The molecule has 0 unspecified atom stereocenters. The van der Waals surface area contributed by atoms with Crippen molar-refractivity contribution in [1.29, 1.82) is 0 Å². The summed E-state index contributed by atoms with van der Waals surface area (Å²) in [6, 6.07) is 8.49. The van der Waals surface area contributed by atoms with E-state index in [0.29, 0.717) is 0 Å². The molecule has 0 fully saturated rings. The van der Waals surface area contributed by atoms with Crippen molar-refractivity contribution in [2.75, 3.05) is 5.73 Å². The van der Waals surface area contributed by atoms with Gasteiger partial charge in [0.05, 0.1) is 0 Å². The summed E-state index contributed by atoms with van der Waals surface area (Å²) in [4.78, 5) is 15.9. The molecule has 1 aromatic heterocycles. The van der Waals surface area contributed by atoms with Crippen LogP contribution in [0.1, 0.15) is 28.0 Å². The lowest BCUT2D eigenvalue weighted by Gasteiger charge is -2.08. The van der Waals surface area contributed by atoms with Gasteiger partial charge in [-0.25, -0.2) is 8.78 Å². The van der Waals surface area contributed by atoms with Gasteiger partial charge < -0.3 is 5.73 Å². The summed E-state index contributed by atoms with van der Waals surface area (Å²) in [6.07, 6.45) is -1.30. The van der Waals surface area contributed by atoms with E-state index in [1.165, 1.54) is 24.4 Å². The van der Waals surface area contributed by atoms with Gasteiger partial charge in [0.2, 0.25) is 5.78 Å². The maximum Gasteiger partial charge on any atom is 0.264 e. The molecule has 0 saturated heterocycles. The van der Waals surface area contributed by atoms with Crippen LogP contribution >= 0.6 is 0 Å². The smallest absolute Gasteiger partial charge is 0.264 e. The third-order valence-corrected chi connectivity index (χ3v) is 2.45. The molecule has 0 atom stereocenters. The summed E-state index contributed by atoms with van der Waals surface area (Å²) in [6.45, 7) is 0. The fraction of sp³-hybridized carbons (Fsp3) is 0.0769. The number of halogens is 2. The zero-order valence-electron chi connectivity index (χ0n) is 9.31. The summed E-state index contributed by atoms with van der Waals surface area (Å²) >= 11 is 0. The summed E-state index contributed by atoms with van der Waals surface area (Å²) < 4.78 is 25.6. The van der Waals surface area contributed by atoms with Crippen molar-refractivity contribution < 1.29 is 13.6 Å². The average molecular weight is 248 g/mol. The second kappa shape index (κ2) is 4.91. The molecule has 0 radical (unpaired) electrons. The Kier molecular flexibility index (Phi) is 3.32. The summed E-state index contributed by atoms with van der Waals surface area (Å²) in [7, 11) is 0. The minimum absolute atomic E-state index is 0.108. The highest BCUT2D eigenvalue weighted by Crippen LogP contribution is 2.26. The summed E-state index contributed by atoms with van der Waals surface area (Å²) in [5, 5.41) is 0. The van der Waals surface area contributed by atoms with Crippen molar-refractivity contribution in [2.24, 2.45) is 0 Å². The van der Waals surface area contributed by atoms with Gasteiger partial charge >= 0.3 is 0 Å². The molecule has 0 spiro atoms. The normalized spacial score (nSPS) is 10.6. The van der Waals surface area contributed by atoms with Gasteiger partial charge in [-0.3, -0.25) is 9.78 Å². The van der Waals surface area contributed by atoms with Gasteiger partial charge in [-0.05, 0) is 24.3 Å². The van der Waals surface area contributed by atoms with E-state index in [-0.39, 0.29) is 22.5 Å². The van der Waals surface area contributed by atoms with Crippen LogP contribution in [0.2, 0.25) is 0 Å². The van der Waals surface area contributed by atoms with Gasteiger partial charge in [-0.15, -0.1) is 0 Å². The number of carbonyl (C=O) groups is 1. The average Bonchev–Trinajstić information content (AvgIpc) is 2.38. The number of alkyl halides is 2. The first-order valence-electron chi connectivity index (χ1n) is 5.23. The van der Waals surface area contributed by atoms with Crippen LogP contribution in [0, 0.1) is 0 Å². The van der Waals surface area contributed by atoms with Crippen molar-refractivity contribution in [1.82, 2.24) is 4.98 Å². The Labute approximate surface area is 102 Å². The topological polar surface area (TPSA) is 56.0 Å². The lowest BCUT2D eigenvalue weighted by atomic mass is 10.0. The van der Waals surface area contributed by atoms with E-state index in [9.17, 15) is 13.6 Å². The molecule has 3 nitrogen and oxygen atoms in total. The fourth-order valence-corrected chi connectivity index (χ4v) is 1.60. The molecule has 1 aromatic carbocycles. The largest absolute Gasteiger partial charge is 0.399 e. The Morgan fingerprint density at radius 2 is 2.00 bits per heavy atom. The second-order valence-corrected chi connectivity index (χ2v) is 3.69. The Bertz CT molecular complexity index is 570. The third kappa shape index (κ3) is 2.34. The zero-order chi connectivity index (χ0) is 13.1. The van der Waals surface area contributed by atoms with E-state index < -0.39 is 12.2 Å². The number of nitrogens with zero attached hydrogens (tertiary/aromatic N) is 1. The molecule has 5 heteroatoms. The van der Waals surface area contributed by atoms with Crippen LogP contribution in [-0.2, 0) is 0 Å². The Hall–Kier alpha value is -2.30. The van der Waals surface area contributed by atoms with Crippen molar-refractivity contribution in [2.45, 2.75) is 6.43 Å². The predicted octanol–water partition coefficient (Wildman–Crippen LogP) is 2.83. The first-order valence-corrected chi connectivity index (χ1v) is 5.23. The van der Waals surface area contributed by atoms with Crippen LogP contribution in [0.4, 0.5) is 14.5 Å². The van der Waals surface area contributed by atoms with E-state index in [4.69, 9.17) is 5.73 Å². The number of nitrogens with two attached hydrogens (primary N) is 1. The molecule has 2 rings (SSSR count). The van der Waals surface area contributed by atoms with Crippen LogP contribution in [0.3, 0.4) is 0 Å². The zero-order valence-corrected chi connectivity index (χ0v) is 9.31. The highest BCUT2D eigenvalue weighted by Gasteiger charge is 2.20. The number of aromatic nitrogens is 1. The number of benzene rings is 1. The Morgan fingerprint density at radius 3 is 2.61 bits per heavy atom. The van der Waals surface area contributed by atoms with Gasteiger partial charge in [0.1, 0.15) is 5.69 Å². The van der Waals surface area contributed by atoms with Gasteiger partial charge in [0, 0.05) is 23.0 Å². The molecule has 1 heterocycles. The molecule has 92 valence electrons. The van der Waals surface area contributed by atoms with E-state index in [1.807, 2.05) is 0 Å². The maximum absolute atomic E-state index is 12.8. The number of rotatable bonds is 3. The molecule has 0 aliphatic rings. The van der Waals surface area contributed by atoms with Gasteiger partial charge in [-0.1, -0.05) is 12.1 Å². The number of carbonyl (C=O) groups excluding carboxylic acids is 1. The molecular formula is C13H10F2N2O. The van der Waals surface area contributed by atoms with Crippen LogP contribution in [0.5, 0.6) is 0 Å². The molecule has 0 aliphatic heterocycles. The number of nitrogen functional groups attached to an aromatic ring is 1. The maximum atomic E-state index is 12.8. The highest BCUT2D eigenvalue weighted by atomic mass is 19.3. The predicted molar refractivity (Wildman–Crippen MR) is 63.5 cm³/mol. The van der Waals surface area contributed by atoms with Gasteiger partial charge in [0.25, 0.3) is 6.43 Å². The number of hydrogen-bond acceptors (Lipinski definition) is 3. The molecule has 0 amide bonds. The summed E-state index contributed by atoms with van der Waals surface area (Å²) in [5.74, 6) is -0.557. The van der Waals surface area contributed by atoms with Crippen LogP contribution in [0.15, 0.2) is 42.6 Å². The fourth-order valence-electron chi connectivity index (χ4n) is 1.60. The van der Waals surface area contributed by atoms with E-state index in [2.05, 4.69) is 4.98 Å². The van der Waals surface area contributed by atoms with E-state index >= 15 is 0 Å². The first kappa shape index (κ1) is 12.2. The van der Waals surface area contributed by atoms with Gasteiger partial charge in [-0.2, -0.15) is 0 Å². The molecular weight excluding hydrogens is 238 g/mol. The molecule has 0 aliphatic carbocycles. The minimum atomic E-state index is -2.73. The van der Waals surface area contributed by atoms with Crippen molar-refractivity contribution in [3.8, 4) is 0 Å². The second-order valence-electron chi connectivity index (χ2n) is 3.69. The quantitative estimate of drug-likeness (QED) is 0.671.